The molecular formula is C21H20F6N2O2. The topological polar surface area (TPSA) is 43.8 Å². The third-order valence-corrected chi connectivity index (χ3v) is 5.21. The molecule has 3 rings (SSSR count). The minimum atomic E-state index is -4.55. The molecule has 2 aromatic rings. The Kier molecular flexibility index (Phi) is 6.61. The molecule has 1 saturated heterocycles. The summed E-state index contributed by atoms with van der Waals surface area (Å²) in [7, 11) is 0. The lowest BCUT2D eigenvalue weighted by atomic mass is 9.94. The molecule has 1 N–H and O–H groups in total. The van der Waals surface area contributed by atoms with Gasteiger partial charge in [0, 0.05) is 26.2 Å². The maximum Gasteiger partial charge on any atom is 0.416 e. The third kappa shape index (κ3) is 5.76. The Morgan fingerprint density at radius 1 is 0.839 bits per heavy atom. The number of hydrogen-bond donors (Lipinski definition) is 1. The van der Waals surface area contributed by atoms with Gasteiger partial charge in [-0.3, -0.25) is 14.6 Å². The Morgan fingerprint density at radius 3 is 1.94 bits per heavy atom. The molecule has 0 aromatic heterocycles. The Balaban J connectivity index is 1.95. The van der Waals surface area contributed by atoms with Crippen LogP contribution in [0.4, 0.5) is 26.3 Å². The van der Waals surface area contributed by atoms with Gasteiger partial charge in [0.25, 0.3) is 0 Å². The Morgan fingerprint density at radius 2 is 1.42 bits per heavy atom. The van der Waals surface area contributed by atoms with Crippen molar-refractivity contribution in [3.05, 3.63) is 70.8 Å². The summed E-state index contributed by atoms with van der Waals surface area (Å²) in [6.07, 6.45) is -9.08. The average molecular weight is 446 g/mol. The average Bonchev–Trinajstić information content (AvgIpc) is 2.68. The highest BCUT2D eigenvalue weighted by Gasteiger charge is 2.34. The van der Waals surface area contributed by atoms with Crippen molar-refractivity contribution >= 4 is 5.97 Å². The van der Waals surface area contributed by atoms with Crippen LogP contribution in [-0.4, -0.2) is 53.6 Å². The predicted molar refractivity (Wildman–Crippen MR) is 100 cm³/mol. The van der Waals surface area contributed by atoms with Crippen LogP contribution in [0.25, 0.3) is 0 Å². The molecule has 0 spiro atoms. The van der Waals surface area contributed by atoms with E-state index in [-0.39, 0.29) is 6.54 Å². The van der Waals surface area contributed by atoms with Crippen LogP contribution in [0.3, 0.4) is 0 Å². The second kappa shape index (κ2) is 8.88. The third-order valence-electron chi connectivity index (χ3n) is 5.21. The first-order chi connectivity index (χ1) is 14.4. The second-order valence-corrected chi connectivity index (χ2v) is 7.35. The highest BCUT2D eigenvalue weighted by atomic mass is 19.4. The van der Waals surface area contributed by atoms with Crippen molar-refractivity contribution in [1.29, 1.82) is 0 Å². The summed E-state index contributed by atoms with van der Waals surface area (Å²) in [5.74, 6) is -0.981. The van der Waals surface area contributed by atoms with E-state index >= 15 is 0 Å². The molecule has 168 valence electrons. The number of piperazine rings is 1. The number of alkyl halides is 6. The van der Waals surface area contributed by atoms with Gasteiger partial charge >= 0.3 is 18.3 Å². The molecule has 0 aliphatic carbocycles. The first-order valence-electron chi connectivity index (χ1n) is 9.47. The zero-order valence-corrected chi connectivity index (χ0v) is 16.2. The number of aliphatic carboxylic acids is 1. The van der Waals surface area contributed by atoms with Gasteiger partial charge in [-0.2, -0.15) is 26.3 Å². The zero-order valence-electron chi connectivity index (χ0n) is 16.2. The first-order valence-corrected chi connectivity index (χ1v) is 9.47. The highest BCUT2D eigenvalue weighted by Crippen LogP contribution is 2.36. The van der Waals surface area contributed by atoms with Crippen molar-refractivity contribution in [3.8, 4) is 0 Å². The summed E-state index contributed by atoms with van der Waals surface area (Å²) >= 11 is 0. The van der Waals surface area contributed by atoms with Crippen molar-refractivity contribution in [3.63, 3.8) is 0 Å². The molecule has 1 atom stereocenters. The summed E-state index contributed by atoms with van der Waals surface area (Å²) in [6.45, 7) is 1.32. The monoisotopic (exact) mass is 446 g/mol. The van der Waals surface area contributed by atoms with E-state index in [1.54, 1.807) is 4.90 Å². The molecule has 1 heterocycles. The lowest BCUT2D eigenvalue weighted by molar-refractivity contribution is -0.139. The van der Waals surface area contributed by atoms with Gasteiger partial charge in [-0.05, 0) is 35.4 Å². The summed E-state index contributed by atoms with van der Waals surface area (Å²) in [4.78, 5) is 14.5. The van der Waals surface area contributed by atoms with Crippen molar-refractivity contribution < 1.29 is 36.2 Å². The molecule has 0 radical (unpaired) electrons. The van der Waals surface area contributed by atoms with E-state index in [0.717, 1.165) is 24.3 Å². The number of carboxylic acids is 1. The smallest absolute Gasteiger partial charge is 0.416 e. The summed E-state index contributed by atoms with van der Waals surface area (Å²) in [5.41, 5.74) is -0.947. The van der Waals surface area contributed by atoms with Gasteiger partial charge < -0.3 is 5.11 Å². The second-order valence-electron chi connectivity index (χ2n) is 7.35. The SMILES string of the molecule is O=C(O)CN1CCN(C(c2ccc(C(F)(F)F)cc2)c2cccc(C(F)(F)F)c2)CC1. The number of carbonyl (C=O) groups is 1. The molecule has 2 aromatic carbocycles. The van der Waals surface area contributed by atoms with Gasteiger partial charge in [0.2, 0.25) is 0 Å². The van der Waals surface area contributed by atoms with Gasteiger partial charge in [-0.15, -0.1) is 0 Å². The van der Waals surface area contributed by atoms with Gasteiger partial charge in [0.15, 0.2) is 0 Å². The van der Waals surface area contributed by atoms with E-state index in [4.69, 9.17) is 5.11 Å². The van der Waals surface area contributed by atoms with Crippen LogP contribution in [0, 0.1) is 0 Å². The van der Waals surface area contributed by atoms with Crippen LogP contribution in [0.1, 0.15) is 28.3 Å². The highest BCUT2D eigenvalue weighted by molar-refractivity contribution is 5.69. The first kappa shape index (κ1) is 23.1. The fourth-order valence-corrected chi connectivity index (χ4v) is 3.72. The van der Waals surface area contributed by atoms with Crippen LogP contribution in [0.2, 0.25) is 0 Å². The molecule has 4 nitrogen and oxygen atoms in total. The van der Waals surface area contributed by atoms with Crippen LogP contribution in [-0.2, 0) is 17.1 Å². The Labute approximate surface area is 174 Å². The predicted octanol–water partition coefficient (Wildman–Crippen LogP) is 4.52. The Bertz CT molecular complexity index is 903. The molecule has 1 fully saturated rings. The standard InChI is InChI=1S/C21H20F6N2O2/c22-20(23,24)16-6-4-14(5-7-16)19(15-2-1-3-17(12-15)21(25,26)27)29-10-8-28(9-11-29)13-18(30)31/h1-7,12,19H,8-11,13H2,(H,30,31). The van der Waals surface area contributed by atoms with Gasteiger partial charge in [-0.25, -0.2) is 0 Å². The van der Waals surface area contributed by atoms with Crippen molar-refractivity contribution in [2.24, 2.45) is 0 Å². The van der Waals surface area contributed by atoms with Gasteiger partial charge in [0.1, 0.15) is 0 Å². The fourth-order valence-electron chi connectivity index (χ4n) is 3.72. The molecule has 0 saturated carbocycles. The summed E-state index contributed by atoms with van der Waals surface area (Å²) < 4.78 is 78.5. The quantitative estimate of drug-likeness (QED) is 0.687. The lowest BCUT2D eigenvalue weighted by Crippen LogP contribution is -2.49. The van der Waals surface area contributed by atoms with Gasteiger partial charge in [0.05, 0.1) is 23.7 Å². The minimum Gasteiger partial charge on any atom is -0.480 e. The molecule has 1 unspecified atom stereocenters. The van der Waals surface area contributed by atoms with E-state index < -0.39 is 35.5 Å². The zero-order chi connectivity index (χ0) is 22.8. The van der Waals surface area contributed by atoms with Crippen molar-refractivity contribution in [2.75, 3.05) is 32.7 Å². The van der Waals surface area contributed by atoms with E-state index in [1.807, 2.05) is 4.90 Å². The summed E-state index contributed by atoms with van der Waals surface area (Å²) in [6, 6.07) is 8.42. The maximum absolute atomic E-state index is 13.2. The minimum absolute atomic E-state index is 0.150. The molecule has 0 amide bonds. The molecule has 10 heteroatoms. The van der Waals surface area contributed by atoms with Crippen LogP contribution in [0.5, 0.6) is 0 Å². The molecular weight excluding hydrogens is 426 g/mol. The number of nitrogens with zero attached hydrogens (tertiary/aromatic N) is 2. The van der Waals surface area contributed by atoms with E-state index in [9.17, 15) is 31.1 Å². The number of benzene rings is 2. The Hall–Kier alpha value is -2.59. The number of halogens is 6. The molecule has 1 aliphatic rings. The van der Waals surface area contributed by atoms with Crippen LogP contribution < -0.4 is 0 Å². The van der Waals surface area contributed by atoms with E-state index in [2.05, 4.69) is 0 Å². The number of rotatable bonds is 5. The van der Waals surface area contributed by atoms with E-state index in [1.165, 1.54) is 24.3 Å². The van der Waals surface area contributed by atoms with Gasteiger partial charge in [-0.1, -0.05) is 24.3 Å². The summed E-state index contributed by atoms with van der Waals surface area (Å²) in [5, 5.41) is 8.94. The van der Waals surface area contributed by atoms with Crippen molar-refractivity contribution in [1.82, 2.24) is 9.80 Å². The normalized spacial score (nSPS) is 17.5. The number of hydrogen-bond acceptors (Lipinski definition) is 3. The molecule has 31 heavy (non-hydrogen) atoms. The maximum atomic E-state index is 13.2. The molecule has 0 bridgehead atoms. The van der Waals surface area contributed by atoms with Crippen LogP contribution in [0.15, 0.2) is 48.5 Å². The van der Waals surface area contributed by atoms with Crippen LogP contribution >= 0.6 is 0 Å². The molecule has 1 aliphatic heterocycles. The lowest BCUT2D eigenvalue weighted by Gasteiger charge is -2.39. The fraction of sp³-hybridized carbons (Fsp3) is 0.381. The largest absolute Gasteiger partial charge is 0.480 e. The van der Waals surface area contributed by atoms with E-state index in [0.29, 0.717) is 37.3 Å². The van der Waals surface area contributed by atoms with Crippen molar-refractivity contribution in [2.45, 2.75) is 18.4 Å². The number of carboxylic acid groups (broad SMARTS) is 1.